The summed E-state index contributed by atoms with van der Waals surface area (Å²) in [5.74, 6) is 1.04. The summed E-state index contributed by atoms with van der Waals surface area (Å²) in [4.78, 5) is 12.2. The number of hydrogen-bond donors (Lipinski definition) is 3. The summed E-state index contributed by atoms with van der Waals surface area (Å²) in [6.45, 7) is 4.23. The van der Waals surface area contributed by atoms with Crippen LogP contribution in [0.1, 0.15) is 46.0 Å². The Morgan fingerprint density at radius 2 is 1.94 bits per heavy atom. The van der Waals surface area contributed by atoms with Gasteiger partial charge in [0.15, 0.2) is 0 Å². The Labute approximate surface area is 109 Å². The van der Waals surface area contributed by atoms with Gasteiger partial charge in [0.05, 0.1) is 11.5 Å². The van der Waals surface area contributed by atoms with E-state index in [2.05, 4.69) is 5.32 Å². The third-order valence-corrected chi connectivity index (χ3v) is 5.19. The van der Waals surface area contributed by atoms with Gasteiger partial charge in [-0.3, -0.25) is 4.79 Å². The second-order valence-corrected chi connectivity index (χ2v) is 6.09. The van der Waals surface area contributed by atoms with Crippen LogP contribution in [0.3, 0.4) is 0 Å². The van der Waals surface area contributed by atoms with Crippen LogP contribution in [0.15, 0.2) is 0 Å². The fourth-order valence-electron chi connectivity index (χ4n) is 3.59. The topological polar surface area (TPSA) is 75.3 Å². The van der Waals surface area contributed by atoms with E-state index in [1.807, 2.05) is 13.8 Å². The maximum absolute atomic E-state index is 12.2. The van der Waals surface area contributed by atoms with Crippen LogP contribution in [-0.2, 0) is 4.79 Å². The average molecular weight is 254 g/mol. The molecular formula is C14H26N2O2. The standard InChI is InChI=1S/C14H26N2O2/c1-3-14(18,4-2)8-16-13(17)11-9-5-6-10(7-9)12(11)15/h9-12,18H,3-8,15H2,1-2H3,(H,16,17). The summed E-state index contributed by atoms with van der Waals surface area (Å²) in [6.07, 6.45) is 4.76. The van der Waals surface area contributed by atoms with Gasteiger partial charge in [0, 0.05) is 12.6 Å². The Bertz CT molecular complexity index is 313. The largest absolute Gasteiger partial charge is 0.388 e. The minimum Gasteiger partial charge on any atom is -0.388 e. The molecule has 2 aliphatic rings. The van der Waals surface area contributed by atoms with Gasteiger partial charge in [-0.1, -0.05) is 13.8 Å². The fourth-order valence-corrected chi connectivity index (χ4v) is 3.59. The average Bonchev–Trinajstić information content (AvgIpc) is 2.96. The van der Waals surface area contributed by atoms with Gasteiger partial charge in [0.1, 0.15) is 0 Å². The van der Waals surface area contributed by atoms with Gasteiger partial charge in [0.25, 0.3) is 0 Å². The molecule has 0 aromatic rings. The van der Waals surface area contributed by atoms with E-state index in [1.54, 1.807) is 0 Å². The molecule has 18 heavy (non-hydrogen) atoms. The highest BCUT2D eigenvalue weighted by Crippen LogP contribution is 2.47. The Kier molecular flexibility index (Phi) is 3.97. The highest BCUT2D eigenvalue weighted by Gasteiger charge is 2.49. The van der Waals surface area contributed by atoms with Gasteiger partial charge in [-0.2, -0.15) is 0 Å². The molecule has 4 nitrogen and oxygen atoms in total. The van der Waals surface area contributed by atoms with Crippen molar-refractivity contribution < 1.29 is 9.90 Å². The Balaban J connectivity index is 1.89. The van der Waals surface area contributed by atoms with Crippen LogP contribution < -0.4 is 11.1 Å². The Morgan fingerprint density at radius 1 is 1.33 bits per heavy atom. The van der Waals surface area contributed by atoms with Crippen molar-refractivity contribution in [3.05, 3.63) is 0 Å². The van der Waals surface area contributed by atoms with Gasteiger partial charge in [-0.15, -0.1) is 0 Å². The number of aliphatic hydroxyl groups is 1. The van der Waals surface area contributed by atoms with Crippen LogP contribution in [0.25, 0.3) is 0 Å². The first-order chi connectivity index (χ1) is 8.50. The molecule has 0 spiro atoms. The summed E-state index contributed by atoms with van der Waals surface area (Å²) < 4.78 is 0. The number of fused-ring (bicyclic) bond motifs is 2. The van der Waals surface area contributed by atoms with Gasteiger partial charge < -0.3 is 16.2 Å². The second-order valence-electron chi connectivity index (χ2n) is 6.09. The number of amides is 1. The molecule has 0 aliphatic heterocycles. The molecule has 2 bridgehead atoms. The van der Waals surface area contributed by atoms with E-state index in [0.717, 1.165) is 12.8 Å². The van der Waals surface area contributed by atoms with Crippen LogP contribution in [-0.4, -0.2) is 29.2 Å². The SMILES string of the molecule is CCC(O)(CC)CNC(=O)C1C2CCC(C2)C1N. The molecule has 4 N–H and O–H groups in total. The van der Waals surface area contributed by atoms with Crippen molar-refractivity contribution in [1.29, 1.82) is 0 Å². The molecule has 104 valence electrons. The van der Waals surface area contributed by atoms with Gasteiger partial charge in [-0.25, -0.2) is 0 Å². The monoisotopic (exact) mass is 254 g/mol. The molecule has 4 heteroatoms. The predicted octanol–water partition coefficient (Wildman–Crippen LogP) is 1.03. The maximum Gasteiger partial charge on any atom is 0.225 e. The fraction of sp³-hybridized carbons (Fsp3) is 0.929. The van der Waals surface area contributed by atoms with Crippen LogP contribution >= 0.6 is 0 Å². The van der Waals surface area contributed by atoms with Gasteiger partial charge in [-0.05, 0) is 43.9 Å². The normalized spacial score (nSPS) is 34.9. The van der Waals surface area contributed by atoms with Crippen LogP contribution in [0.5, 0.6) is 0 Å². The molecule has 4 atom stereocenters. The van der Waals surface area contributed by atoms with E-state index in [4.69, 9.17) is 5.73 Å². The molecule has 2 saturated carbocycles. The smallest absolute Gasteiger partial charge is 0.225 e. The van der Waals surface area contributed by atoms with E-state index in [-0.39, 0.29) is 17.9 Å². The highest BCUT2D eigenvalue weighted by molar-refractivity contribution is 5.80. The van der Waals surface area contributed by atoms with Crippen molar-refractivity contribution in [2.75, 3.05) is 6.54 Å². The number of nitrogens with two attached hydrogens (primary N) is 1. The lowest BCUT2D eigenvalue weighted by Crippen LogP contribution is -2.49. The first-order valence-electron chi connectivity index (χ1n) is 7.26. The van der Waals surface area contributed by atoms with Crippen molar-refractivity contribution in [2.24, 2.45) is 23.5 Å². The lowest BCUT2D eigenvalue weighted by Gasteiger charge is -2.30. The number of nitrogens with one attached hydrogen (secondary N) is 1. The number of hydrogen-bond acceptors (Lipinski definition) is 3. The molecule has 0 heterocycles. The summed E-state index contributed by atoms with van der Waals surface area (Å²) in [7, 11) is 0. The van der Waals surface area contributed by atoms with E-state index in [9.17, 15) is 9.90 Å². The predicted molar refractivity (Wildman–Crippen MR) is 70.8 cm³/mol. The third-order valence-electron chi connectivity index (χ3n) is 5.19. The number of rotatable bonds is 5. The quantitative estimate of drug-likeness (QED) is 0.686. The lowest BCUT2D eigenvalue weighted by molar-refractivity contribution is -0.128. The molecule has 0 aromatic heterocycles. The van der Waals surface area contributed by atoms with Gasteiger partial charge >= 0.3 is 0 Å². The van der Waals surface area contributed by atoms with Crippen LogP contribution in [0.4, 0.5) is 0 Å². The van der Waals surface area contributed by atoms with E-state index >= 15 is 0 Å². The van der Waals surface area contributed by atoms with E-state index < -0.39 is 5.60 Å². The molecule has 0 aromatic carbocycles. The molecule has 0 saturated heterocycles. The van der Waals surface area contributed by atoms with E-state index in [0.29, 0.717) is 31.2 Å². The van der Waals surface area contributed by atoms with Crippen LogP contribution in [0.2, 0.25) is 0 Å². The van der Waals surface area contributed by atoms with Crippen molar-refractivity contribution in [1.82, 2.24) is 5.32 Å². The zero-order valence-electron chi connectivity index (χ0n) is 11.5. The van der Waals surface area contributed by atoms with Gasteiger partial charge in [0.2, 0.25) is 5.91 Å². The van der Waals surface area contributed by atoms with Crippen molar-refractivity contribution in [3.63, 3.8) is 0 Å². The summed E-state index contributed by atoms with van der Waals surface area (Å²) in [5.41, 5.74) is 5.38. The first-order valence-corrected chi connectivity index (χ1v) is 7.26. The summed E-state index contributed by atoms with van der Waals surface area (Å²) in [5, 5.41) is 13.1. The van der Waals surface area contributed by atoms with Crippen LogP contribution in [0, 0.1) is 17.8 Å². The maximum atomic E-state index is 12.2. The third kappa shape index (κ3) is 2.41. The lowest BCUT2D eigenvalue weighted by atomic mass is 9.84. The molecule has 2 aliphatic carbocycles. The molecule has 1 amide bonds. The van der Waals surface area contributed by atoms with Crippen molar-refractivity contribution in [2.45, 2.75) is 57.6 Å². The Hall–Kier alpha value is -0.610. The van der Waals surface area contributed by atoms with Crippen molar-refractivity contribution in [3.8, 4) is 0 Å². The van der Waals surface area contributed by atoms with E-state index in [1.165, 1.54) is 6.42 Å². The first kappa shape index (κ1) is 13.8. The zero-order chi connectivity index (χ0) is 13.3. The summed E-state index contributed by atoms with van der Waals surface area (Å²) >= 11 is 0. The van der Waals surface area contributed by atoms with Crippen molar-refractivity contribution >= 4 is 5.91 Å². The molecule has 4 unspecified atom stereocenters. The molecule has 2 rings (SSSR count). The second kappa shape index (κ2) is 5.17. The number of carbonyl (C=O) groups is 1. The molecule has 2 fully saturated rings. The number of carbonyl (C=O) groups excluding carboxylic acids is 1. The zero-order valence-corrected chi connectivity index (χ0v) is 11.5. The highest BCUT2D eigenvalue weighted by atomic mass is 16.3. The molecular weight excluding hydrogens is 228 g/mol. The summed E-state index contributed by atoms with van der Waals surface area (Å²) in [6, 6.07) is 0.0279. The molecule has 0 radical (unpaired) electrons. The minimum atomic E-state index is -0.766. The Morgan fingerprint density at radius 3 is 2.44 bits per heavy atom. The minimum absolute atomic E-state index is 0.0262.